The van der Waals surface area contributed by atoms with Crippen molar-refractivity contribution in [2.75, 3.05) is 19.6 Å². The molecule has 1 aliphatic rings. The second-order valence-electron chi connectivity index (χ2n) is 2.54. The predicted molar refractivity (Wildman–Crippen MR) is 37.3 cm³/mol. The van der Waals surface area contributed by atoms with Crippen LogP contribution in [-0.4, -0.2) is 31.7 Å². The van der Waals surface area contributed by atoms with Gasteiger partial charge in [-0.2, -0.15) is 0 Å². The fourth-order valence-corrected chi connectivity index (χ4v) is 0.976. The Bertz CT molecular complexity index is 76.4. The molecule has 0 amide bonds. The van der Waals surface area contributed by atoms with Crippen molar-refractivity contribution in [3.05, 3.63) is 0 Å². The van der Waals surface area contributed by atoms with Crippen LogP contribution in [0.4, 0.5) is 0 Å². The predicted octanol–water partition coefficient (Wildman–Crippen LogP) is -1.09. The molecule has 0 spiro atoms. The highest BCUT2D eigenvalue weighted by molar-refractivity contribution is 4.81. The summed E-state index contributed by atoms with van der Waals surface area (Å²) in [4.78, 5) is 0. The van der Waals surface area contributed by atoms with Gasteiger partial charge in [0.2, 0.25) is 0 Å². The molecule has 2 unspecified atom stereocenters. The van der Waals surface area contributed by atoms with Gasteiger partial charge in [0.05, 0.1) is 6.04 Å². The number of piperazine rings is 1. The molecule has 2 atom stereocenters. The quantitative estimate of drug-likeness (QED) is 0.471. The van der Waals surface area contributed by atoms with Crippen molar-refractivity contribution in [2.24, 2.45) is 5.73 Å². The molecule has 3 N–H and O–H groups in total. The number of hydrogen-bond acceptors (Lipinski definition) is 2. The topological polar surface area (TPSA) is 52.1 Å². The van der Waals surface area contributed by atoms with Crippen molar-refractivity contribution in [3.8, 4) is 0 Å². The lowest BCUT2D eigenvalue weighted by Crippen LogP contribution is -2.51. The van der Waals surface area contributed by atoms with Crippen LogP contribution in [0.1, 0.15) is 6.92 Å². The maximum atomic E-state index is 5.63. The minimum absolute atomic E-state index is 0.206. The number of nitrogens with zero attached hydrogens (tertiary/aromatic N) is 1. The zero-order valence-electron chi connectivity index (χ0n) is 5.80. The normalized spacial score (nSPS) is 32.0. The molecule has 0 aromatic rings. The van der Waals surface area contributed by atoms with Crippen LogP contribution in [-0.2, 0) is 0 Å². The van der Waals surface area contributed by atoms with Gasteiger partial charge in [0.25, 0.3) is 0 Å². The first-order valence-corrected chi connectivity index (χ1v) is 3.43. The summed E-state index contributed by atoms with van der Waals surface area (Å²) in [5.74, 6) is 0. The molecule has 3 heteroatoms. The van der Waals surface area contributed by atoms with E-state index in [1.165, 1.54) is 0 Å². The molecule has 3 nitrogen and oxygen atoms in total. The molecular weight excluding hydrogens is 114 g/mol. The fraction of sp³-hybridized carbons (Fsp3) is 1.00. The van der Waals surface area contributed by atoms with Gasteiger partial charge < -0.3 is 11.1 Å². The molecule has 9 heavy (non-hydrogen) atoms. The summed E-state index contributed by atoms with van der Waals surface area (Å²) in [5, 5.41) is 7.58. The standard InChI is InChI=1S/C6H14N3/c1-5(7)6-4-8-2-3-9-6/h5-6,8H,2-4,7H2,1H3. The second-order valence-corrected chi connectivity index (χ2v) is 2.54. The first-order chi connectivity index (χ1) is 4.30. The third kappa shape index (κ3) is 1.93. The maximum absolute atomic E-state index is 5.63. The van der Waals surface area contributed by atoms with Gasteiger partial charge >= 0.3 is 0 Å². The summed E-state index contributed by atoms with van der Waals surface area (Å²) < 4.78 is 0. The summed E-state index contributed by atoms with van der Waals surface area (Å²) in [6, 6.07) is 0.552. The minimum atomic E-state index is 0.206. The lowest BCUT2D eigenvalue weighted by Gasteiger charge is -2.25. The molecule has 0 aromatic carbocycles. The van der Waals surface area contributed by atoms with Gasteiger partial charge in [0, 0.05) is 25.7 Å². The first kappa shape index (κ1) is 6.99. The molecule has 1 heterocycles. The molecule has 0 bridgehead atoms. The second kappa shape index (κ2) is 3.15. The molecule has 0 aromatic heterocycles. The van der Waals surface area contributed by atoms with Crippen molar-refractivity contribution < 1.29 is 0 Å². The van der Waals surface area contributed by atoms with E-state index in [2.05, 4.69) is 10.6 Å². The lowest BCUT2D eigenvalue weighted by atomic mass is 10.1. The molecule has 53 valence electrons. The summed E-state index contributed by atoms with van der Waals surface area (Å²) in [6.45, 7) is 4.90. The largest absolute Gasteiger partial charge is 0.326 e. The SMILES string of the molecule is CC(N)C1CNCC[N]1. The molecule has 0 aliphatic carbocycles. The Kier molecular flexibility index (Phi) is 2.45. The molecule has 1 radical (unpaired) electrons. The van der Waals surface area contributed by atoms with E-state index in [-0.39, 0.29) is 6.04 Å². The van der Waals surface area contributed by atoms with Crippen LogP contribution in [0.2, 0.25) is 0 Å². The fourth-order valence-electron chi connectivity index (χ4n) is 0.976. The van der Waals surface area contributed by atoms with Crippen LogP contribution in [0, 0.1) is 0 Å². The third-order valence-corrected chi connectivity index (χ3v) is 1.61. The van der Waals surface area contributed by atoms with Crippen molar-refractivity contribution in [2.45, 2.75) is 19.0 Å². The number of nitrogens with one attached hydrogen (secondary N) is 1. The first-order valence-electron chi connectivity index (χ1n) is 3.43. The van der Waals surface area contributed by atoms with Crippen LogP contribution >= 0.6 is 0 Å². The van der Waals surface area contributed by atoms with Crippen LogP contribution in [0.3, 0.4) is 0 Å². The van der Waals surface area contributed by atoms with E-state index < -0.39 is 0 Å². The van der Waals surface area contributed by atoms with Crippen LogP contribution in [0.25, 0.3) is 0 Å². The summed E-state index contributed by atoms with van der Waals surface area (Å²) >= 11 is 0. The third-order valence-electron chi connectivity index (χ3n) is 1.61. The monoisotopic (exact) mass is 128 g/mol. The van der Waals surface area contributed by atoms with Gasteiger partial charge in [-0.05, 0) is 6.92 Å². The van der Waals surface area contributed by atoms with Gasteiger partial charge in [0.1, 0.15) is 0 Å². The highest BCUT2D eigenvalue weighted by Gasteiger charge is 2.16. The van der Waals surface area contributed by atoms with E-state index in [9.17, 15) is 0 Å². The lowest BCUT2D eigenvalue weighted by molar-refractivity contribution is 0.370. The van der Waals surface area contributed by atoms with Crippen LogP contribution < -0.4 is 16.4 Å². The zero-order chi connectivity index (χ0) is 6.69. The number of nitrogens with two attached hydrogens (primary N) is 1. The molecule has 0 saturated carbocycles. The van der Waals surface area contributed by atoms with Crippen molar-refractivity contribution >= 4 is 0 Å². The van der Waals surface area contributed by atoms with Crippen molar-refractivity contribution in [1.29, 1.82) is 0 Å². The number of rotatable bonds is 1. The van der Waals surface area contributed by atoms with Gasteiger partial charge in [-0.1, -0.05) is 0 Å². The Hall–Kier alpha value is -0.120. The zero-order valence-corrected chi connectivity index (χ0v) is 5.80. The van der Waals surface area contributed by atoms with Gasteiger partial charge in [0.15, 0.2) is 0 Å². The van der Waals surface area contributed by atoms with E-state index in [1.807, 2.05) is 6.92 Å². The maximum Gasteiger partial charge on any atom is 0.0519 e. The van der Waals surface area contributed by atoms with E-state index in [0.29, 0.717) is 6.04 Å². The Morgan fingerprint density at radius 2 is 2.56 bits per heavy atom. The van der Waals surface area contributed by atoms with Gasteiger partial charge in [-0.15, -0.1) is 0 Å². The van der Waals surface area contributed by atoms with Crippen LogP contribution in [0.5, 0.6) is 0 Å². The van der Waals surface area contributed by atoms with E-state index in [1.54, 1.807) is 0 Å². The number of hydrogen-bond donors (Lipinski definition) is 2. The van der Waals surface area contributed by atoms with Crippen molar-refractivity contribution in [1.82, 2.24) is 10.6 Å². The molecule has 1 saturated heterocycles. The molecular formula is C6H14N3. The smallest absolute Gasteiger partial charge is 0.0519 e. The average Bonchev–Trinajstić information content (AvgIpc) is 1.90. The average molecular weight is 128 g/mol. The van der Waals surface area contributed by atoms with E-state index in [0.717, 1.165) is 19.6 Å². The van der Waals surface area contributed by atoms with E-state index in [4.69, 9.17) is 5.73 Å². The van der Waals surface area contributed by atoms with Crippen LogP contribution in [0.15, 0.2) is 0 Å². The molecule has 1 aliphatic heterocycles. The molecule has 1 rings (SSSR count). The highest BCUT2D eigenvalue weighted by Crippen LogP contribution is 1.92. The Morgan fingerprint density at radius 1 is 1.78 bits per heavy atom. The molecule has 1 fully saturated rings. The summed E-state index contributed by atoms with van der Waals surface area (Å²) in [7, 11) is 0. The van der Waals surface area contributed by atoms with Gasteiger partial charge in [-0.25, -0.2) is 5.32 Å². The highest BCUT2D eigenvalue weighted by atomic mass is 15.1. The Labute approximate surface area is 56.0 Å². The summed E-state index contributed by atoms with van der Waals surface area (Å²) in [6.07, 6.45) is 0. The van der Waals surface area contributed by atoms with Crippen molar-refractivity contribution in [3.63, 3.8) is 0 Å². The summed E-state index contributed by atoms with van der Waals surface area (Å²) in [5.41, 5.74) is 5.63. The van der Waals surface area contributed by atoms with Gasteiger partial charge in [-0.3, -0.25) is 0 Å². The Balaban J connectivity index is 2.23. The minimum Gasteiger partial charge on any atom is -0.326 e. The Morgan fingerprint density at radius 3 is 2.89 bits per heavy atom. The van der Waals surface area contributed by atoms with E-state index >= 15 is 0 Å².